The highest BCUT2D eigenvalue weighted by atomic mass is 32.1. The van der Waals surface area contributed by atoms with Crippen LogP contribution in [-0.4, -0.2) is 33.9 Å². The number of aliphatic hydroxyl groups excluding tert-OH is 1. The van der Waals surface area contributed by atoms with Gasteiger partial charge >= 0.3 is 0 Å². The number of aryl methyl sites for hydroxylation is 1. The SMILES string of the molecule is Cc1nscc1C(=O)N(C)C(CCO)c1ccccc1. The third-order valence-corrected chi connectivity index (χ3v) is 4.08. The summed E-state index contributed by atoms with van der Waals surface area (Å²) in [4.78, 5) is 14.2. The summed E-state index contributed by atoms with van der Waals surface area (Å²) < 4.78 is 4.14. The molecule has 1 unspecified atom stereocenters. The molecule has 1 N–H and O–H groups in total. The van der Waals surface area contributed by atoms with Crippen molar-refractivity contribution in [2.75, 3.05) is 13.7 Å². The molecule has 0 aliphatic heterocycles. The smallest absolute Gasteiger partial charge is 0.256 e. The summed E-state index contributed by atoms with van der Waals surface area (Å²) >= 11 is 1.29. The molecule has 0 aliphatic carbocycles. The molecule has 1 aromatic carbocycles. The molecule has 0 spiro atoms. The van der Waals surface area contributed by atoms with Gasteiger partial charge in [-0.25, -0.2) is 0 Å². The first-order valence-corrected chi connectivity index (χ1v) is 7.32. The van der Waals surface area contributed by atoms with Crippen molar-refractivity contribution in [1.82, 2.24) is 9.27 Å². The maximum absolute atomic E-state index is 12.5. The molecular weight excluding hydrogens is 272 g/mol. The highest BCUT2D eigenvalue weighted by Gasteiger charge is 2.24. The van der Waals surface area contributed by atoms with Crippen molar-refractivity contribution in [3.05, 3.63) is 52.5 Å². The second kappa shape index (κ2) is 6.63. The summed E-state index contributed by atoms with van der Waals surface area (Å²) in [5.41, 5.74) is 2.41. The quantitative estimate of drug-likeness (QED) is 0.921. The first-order valence-electron chi connectivity index (χ1n) is 6.49. The Bertz CT molecular complexity index is 568. The first kappa shape index (κ1) is 14.7. The molecule has 0 saturated heterocycles. The van der Waals surface area contributed by atoms with E-state index < -0.39 is 0 Å². The minimum absolute atomic E-state index is 0.0397. The van der Waals surface area contributed by atoms with Crippen LogP contribution in [0.2, 0.25) is 0 Å². The zero-order valence-corrected chi connectivity index (χ0v) is 12.4. The maximum atomic E-state index is 12.5. The lowest BCUT2D eigenvalue weighted by Crippen LogP contribution is -2.32. The highest BCUT2D eigenvalue weighted by Crippen LogP contribution is 2.25. The molecule has 0 bridgehead atoms. The van der Waals surface area contributed by atoms with Crippen molar-refractivity contribution in [3.8, 4) is 0 Å². The molecule has 1 atom stereocenters. The van der Waals surface area contributed by atoms with E-state index in [0.29, 0.717) is 12.0 Å². The minimum Gasteiger partial charge on any atom is -0.396 e. The van der Waals surface area contributed by atoms with Crippen molar-refractivity contribution in [2.45, 2.75) is 19.4 Å². The van der Waals surface area contributed by atoms with Crippen molar-refractivity contribution in [1.29, 1.82) is 0 Å². The van der Waals surface area contributed by atoms with Crippen molar-refractivity contribution < 1.29 is 9.90 Å². The fraction of sp³-hybridized carbons (Fsp3) is 0.333. The highest BCUT2D eigenvalue weighted by molar-refractivity contribution is 7.03. The Labute approximate surface area is 122 Å². The van der Waals surface area contributed by atoms with E-state index in [4.69, 9.17) is 0 Å². The van der Waals surface area contributed by atoms with Crippen LogP contribution in [0.5, 0.6) is 0 Å². The summed E-state index contributed by atoms with van der Waals surface area (Å²) in [6.07, 6.45) is 0.517. The molecule has 1 heterocycles. The van der Waals surface area contributed by atoms with E-state index >= 15 is 0 Å². The van der Waals surface area contributed by atoms with Gasteiger partial charge in [0.25, 0.3) is 5.91 Å². The van der Waals surface area contributed by atoms with Crippen LogP contribution >= 0.6 is 11.5 Å². The number of carbonyl (C=O) groups excluding carboxylic acids is 1. The number of hydrogen-bond donors (Lipinski definition) is 1. The van der Waals surface area contributed by atoms with E-state index in [0.717, 1.165) is 11.3 Å². The monoisotopic (exact) mass is 290 g/mol. The molecule has 5 heteroatoms. The molecule has 20 heavy (non-hydrogen) atoms. The molecule has 0 radical (unpaired) electrons. The lowest BCUT2D eigenvalue weighted by Gasteiger charge is -2.28. The number of aromatic nitrogens is 1. The molecule has 2 rings (SSSR count). The number of aliphatic hydroxyl groups is 1. The third-order valence-electron chi connectivity index (χ3n) is 3.36. The summed E-state index contributed by atoms with van der Waals surface area (Å²) in [6.45, 7) is 1.87. The zero-order valence-electron chi connectivity index (χ0n) is 11.6. The van der Waals surface area contributed by atoms with E-state index in [1.54, 1.807) is 17.3 Å². The summed E-state index contributed by atoms with van der Waals surface area (Å²) in [7, 11) is 1.77. The molecule has 4 nitrogen and oxygen atoms in total. The zero-order chi connectivity index (χ0) is 14.5. The van der Waals surface area contributed by atoms with Gasteiger partial charge in [-0.05, 0) is 30.4 Å². The normalized spacial score (nSPS) is 12.2. The van der Waals surface area contributed by atoms with E-state index in [-0.39, 0.29) is 18.6 Å². The van der Waals surface area contributed by atoms with Gasteiger partial charge in [0.15, 0.2) is 0 Å². The molecule has 0 fully saturated rings. The number of amides is 1. The van der Waals surface area contributed by atoms with E-state index in [1.807, 2.05) is 37.3 Å². The van der Waals surface area contributed by atoms with Crippen LogP contribution in [0.3, 0.4) is 0 Å². The number of benzene rings is 1. The molecule has 1 amide bonds. The van der Waals surface area contributed by atoms with E-state index in [1.165, 1.54) is 11.5 Å². The van der Waals surface area contributed by atoms with Gasteiger partial charge in [-0.3, -0.25) is 4.79 Å². The van der Waals surface area contributed by atoms with Gasteiger partial charge in [0.2, 0.25) is 0 Å². The van der Waals surface area contributed by atoms with Gasteiger partial charge in [0.05, 0.1) is 17.3 Å². The van der Waals surface area contributed by atoms with Gasteiger partial charge < -0.3 is 10.0 Å². The van der Waals surface area contributed by atoms with Gasteiger partial charge in [0, 0.05) is 19.0 Å². The summed E-state index contributed by atoms with van der Waals surface area (Å²) in [5.74, 6) is -0.0569. The minimum atomic E-state index is -0.131. The van der Waals surface area contributed by atoms with Crippen LogP contribution in [0.15, 0.2) is 35.7 Å². The molecule has 2 aromatic rings. The average molecular weight is 290 g/mol. The number of hydrogen-bond acceptors (Lipinski definition) is 4. The Morgan fingerprint density at radius 2 is 2.10 bits per heavy atom. The predicted molar refractivity (Wildman–Crippen MR) is 79.8 cm³/mol. The second-order valence-electron chi connectivity index (χ2n) is 4.67. The van der Waals surface area contributed by atoms with Crippen molar-refractivity contribution in [2.24, 2.45) is 0 Å². The van der Waals surface area contributed by atoms with Gasteiger partial charge in [0.1, 0.15) is 0 Å². The van der Waals surface area contributed by atoms with Crippen molar-refractivity contribution in [3.63, 3.8) is 0 Å². The topological polar surface area (TPSA) is 53.4 Å². The van der Waals surface area contributed by atoms with Crippen LogP contribution < -0.4 is 0 Å². The number of nitrogens with zero attached hydrogens (tertiary/aromatic N) is 2. The number of rotatable bonds is 5. The van der Waals surface area contributed by atoms with E-state index in [9.17, 15) is 9.90 Å². The standard InChI is InChI=1S/C15H18N2O2S/c1-11-13(10-20-16-11)15(19)17(2)14(8-9-18)12-6-4-3-5-7-12/h3-7,10,14,18H,8-9H2,1-2H3. The van der Waals surface area contributed by atoms with Gasteiger partial charge in [-0.1, -0.05) is 30.3 Å². The Morgan fingerprint density at radius 3 is 2.65 bits per heavy atom. The van der Waals surface area contributed by atoms with Crippen LogP contribution in [0.4, 0.5) is 0 Å². The molecule has 1 aromatic heterocycles. The first-order chi connectivity index (χ1) is 9.65. The molecule has 0 aliphatic rings. The Balaban J connectivity index is 2.26. The van der Waals surface area contributed by atoms with Crippen LogP contribution in [0, 0.1) is 6.92 Å². The molecule has 106 valence electrons. The number of carbonyl (C=O) groups is 1. The summed E-state index contributed by atoms with van der Waals surface area (Å²) in [5, 5.41) is 11.0. The Kier molecular flexibility index (Phi) is 4.87. The summed E-state index contributed by atoms with van der Waals surface area (Å²) in [6, 6.07) is 9.64. The van der Waals surface area contributed by atoms with Gasteiger partial charge in [-0.15, -0.1) is 0 Å². The lowest BCUT2D eigenvalue weighted by molar-refractivity contribution is 0.0704. The predicted octanol–water partition coefficient (Wildman–Crippen LogP) is 2.65. The van der Waals surface area contributed by atoms with Crippen LogP contribution in [-0.2, 0) is 0 Å². The Morgan fingerprint density at radius 1 is 1.40 bits per heavy atom. The third kappa shape index (κ3) is 3.05. The molecule has 0 saturated carbocycles. The maximum Gasteiger partial charge on any atom is 0.256 e. The van der Waals surface area contributed by atoms with Crippen LogP contribution in [0.1, 0.15) is 34.1 Å². The Hall–Kier alpha value is -1.72. The van der Waals surface area contributed by atoms with Crippen LogP contribution in [0.25, 0.3) is 0 Å². The fourth-order valence-electron chi connectivity index (χ4n) is 2.21. The fourth-order valence-corrected chi connectivity index (χ4v) is 2.90. The average Bonchev–Trinajstić information content (AvgIpc) is 2.90. The van der Waals surface area contributed by atoms with Crippen molar-refractivity contribution >= 4 is 17.4 Å². The lowest BCUT2D eigenvalue weighted by atomic mass is 10.0. The van der Waals surface area contributed by atoms with E-state index in [2.05, 4.69) is 4.37 Å². The largest absolute Gasteiger partial charge is 0.396 e. The van der Waals surface area contributed by atoms with Gasteiger partial charge in [-0.2, -0.15) is 4.37 Å². The second-order valence-corrected chi connectivity index (χ2v) is 5.30. The molecular formula is C15H18N2O2S.